The molecule has 19 heavy (non-hydrogen) atoms. The Balaban J connectivity index is 2.05. The zero-order valence-electron chi connectivity index (χ0n) is 10.4. The van der Waals surface area contributed by atoms with Crippen molar-refractivity contribution < 1.29 is 9.18 Å². The van der Waals surface area contributed by atoms with Gasteiger partial charge in [0.15, 0.2) is 0 Å². The van der Waals surface area contributed by atoms with Gasteiger partial charge in [-0.1, -0.05) is 17.7 Å². The van der Waals surface area contributed by atoms with Gasteiger partial charge < -0.3 is 0 Å². The summed E-state index contributed by atoms with van der Waals surface area (Å²) in [4.78, 5) is 16.0. The summed E-state index contributed by atoms with van der Waals surface area (Å²) in [6.45, 7) is 2.60. The van der Waals surface area contributed by atoms with Crippen LogP contribution >= 0.6 is 11.6 Å². The fraction of sp³-hybridized carbons (Fsp3) is 0.308. The van der Waals surface area contributed by atoms with E-state index in [1.54, 1.807) is 4.68 Å². The molecule has 6 heteroatoms. The van der Waals surface area contributed by atoms with Gasteiger partial charge in [-0.15, -0.1) is 0 Å². The van der Waals surface area contributed by atoms with Gasteiger partial charge in [-0.2, -0.15) is 5.10 Å². The summed E-state index contributed by atoms with van der Waals surface area (Å²) in [5.41, 5.74) is 0.621. The molecule has 1 aromatic carbocycles. The van der Waals surface area contributed by atoms with Gasteiger partial charge in [-0.05, 0) is 24.6 Å². The number of halogens is 2. The minimum atomic E-state index is -0.410. The predicted molar refractivity (Wildman–Crippen MR) is 69.5 cm³/mol. The summed E-state index contributed by atoms with van der Waals surface area (Å²) in [7, 11) is 0. The molecule has 0 saturated carbocycles. The third kappa shape index (κ3) is 3.38. The molecular weight excluding hydrogens is 269 g/mol. The number of nitrogens with zero attached hydrogens (tertiary/aromatic N) is 3. The topological polar surface area (TPSA) is 47.8 Å². The molecule has 0 fully saturated rings. The summed E-state index contributed by atoms with van der Waals surface area (Å²) < 4.78 is 14.6. The summed E-state index contributed by atoms with van der Waals surface area (Å²) in [5, 5.41) is 4.27. The quantitative estimate of drug-likeness (QED) is 0.846. The van der Waals surface area contributed by atoms with E-state index < -0.39 is 5.82 Å². The molecule has 2 aromatic rings. The van der Waals surface area contributed by atoms with Crippen molar-refractivity contribution in [3.63, 3.8) is 0 Å². The maximum atomic E-state index is 12.9. The molecule has 0 radical (unpaired) electrons. The first-order valence-electron chi connectivity index (χ1n) is 5.92. The van der Waals surface area contributed by atoms with Crippen LogP contribution in [0.15, 0.2) is 24.5 Å². The number of carbonyl (C=O) groups is 1. The van der Waals surface area contributed by atoms with Gasteiger partial charge in [-0.25, -0.2) is 14.1 Å². The van der Waals surface area contributed by atoms with Crippen molar-refractivity contribution in [2.75, 3.05) is 0 Å². The molecular formula is C13H13ClFN3O. The molecule has 0 amide bonds. The van der Waals surface area contributed by atoms with E-state index in [0.29, 0.717) is 17.9 Å². The Kier molecular flexibility index (Phi) is 4.27. The first kappa shape index (κ1) is 13.7. The Labute approximate surface area is 115 Å². The molecule has 0 unspecified atom stereocenters. The molecule has 0 bridgehead atoms. The van der Waals surface area contributed by atoms with Gasteiger partial charge in [0.2, 0.25) is 0 Å². The smallest absolute Gasteiger partial charge is 0.144 e. The zero-order valence-corrected chi connectivity index (χ0v) is 11.2. The Morgan fingerprint density at radius 2 is 2.21 bits per heavy atom. The van der Waals surface area contributed by atoms with Crippen molar-refractivity contribution in [1.82, 2.24) is 14.8 Å². The Morgan fingerprint density at radius 1 is 1.42 bits per heavy atom. The number of carbonyl (C=O) groups excluding carboxylic acids is 1. The molecule has 4 nitrogen and oxygen atoms in total. The Hall–Kier alpha value is -1.75. The lowest BCUT2D eigenvalue weighted by molar-refractivity contribution is -0.117. The number of aryl methyl sites for hydroxylation is 1. The Bertz CT molecular complexity index is 597. The third-order valence-corrected chi connectivity index (χ3v) is 3.11. The Morgan fingerprint density at radius 3 is 2.89 bits per heavy atom. The van der Waals surface area contributed by atoms with E-state index in [-0.39, 0.29) is 23.6 Å². The maximum Gasteiger partial charge on any atom is 0.144 e. The zero-order chi connectivity index (χ0) is 13.8. The van der Waals surface area contributed by atoms with Crippen LogP contribution in [0.3, 0.4) is 0 Å². The SMILES string of the molecule is CCn1ncnc1CC(=O)Cc1ccc(F)cc1Cl. The standard InChI is InChI=1S/C13H13ClFN3O/c1-2-18-13(16-8-17-18)7-11(19)5-9-3-4-10(15)6-12(9)14/h3-4,6,8H,2,5,7H2,1H3. The lowest BCUT2D eigenvalue weighted by atomic mass is 10.1. The highest BCUT2D eigenvalue weighted by Gasteiger charge is 2.12. The van der Waals surface area contributed by atoms with E-state index in [9.17, 15) is 9.18 Å². The van der Waals surface area contributed by atoms with Crippen LogP contribution in [0.2, 0.25) is 5.02 Å². The minimum Gasteiger partial charge on any atom is -0.299 e. The summed E-state index contributed by atoms with van der Waals surface area (Å²) in [6.07, 6.45) is 1.79. The lowest BCUT2D eigenvalue weighted by Crippen LogP contribution is -2.12. The van der Waals surface area contributed by atoms with Crippen molar-refractivity contribution in [1.29, 1.82) is 0 Å². The van der Waals surface area contributed by atoms with Gasteiger partial charge in [-0.3, -0.25) is 4.79 Å². The molecule has 2 rings (SSSR count). The molecule has 0 atom stereocenters. The van der Waals surface area contributed by atoms with Crippen molar-refractivity contribution in [2.24, 2.45) is 0 Å². The van der Waals surface area contributed by atoms with Crippen LogP contribution in [0.1, 0.15) is 18.3 Å². The number of aromatic nitrogens is 3. The average Bonchev–Trinajstić information content (AvgIpc) is 2.80. The maximum absolute atomic E-state index is 12.9. The first-order valence-corrected chi connectivity index (χ1v) is 6.30. The molecule has 100 valence electrons. The normalized spacial score (nSPS) is 10.7. The molecule has 0 aliphatic carbocycles. The number of hydrogen-bond acceptors (Lipinski definition) is 3. The van der Waals surface area contributed by atoms with Crippen molar-refractivity contribution in [3.05, 3.63) is 46.8 Å². The van der Waals surface area contributed by atoms with Gasteiger partial charge in [0.25, 0.3) is 0 Å². The van der Waals surface area contributed by atoms with Crippen LogP contribution < -0.4 is 0 Å². The summed E-state index contributed by atoms with van der Waals surface area (Å²) >= 11 is 5.89. The number of hydrogen-bond donors (Lipinski definition) is 0. The molecule has 0 aliphatic heterocycles. The highest BCUT2D eigenvalue weighted by Crippen LogP contribution is 2.18. The van der Waals surface area contributed by atoms with Crippen LogP contribution in [0.4, 0.5) is 4.39 Å². The van der Waals surface area contributed by atoms with Gasteiger partial charge in [0.1, 0.15) is 23.8 Å². The summed E-state index contributed by atoms with van der Waals surface area (Å²) in [6, 6.07) is 4.03. The molecule has 0 spiro atoms. The lowest BCUT2D eigenvalue weighted by Gasteiger charge is -2.05. The highest BCUT2D eigenvalue weighted by atomic mass is 35.5. The van der Waals surface area contributed by atoms with E-state index in [4.69, 9.17) is 11.6 Å². The van der Waals surface area contributed by atoms with Crippen molar-refractivity contribution in [2.45, 2.75) is 26.3 Å². The van der Waals surface area contributed by atoms with E-state index in [1.165, 1.54) is 24.5 Å². The average molecular weight is 282 g/mol. The predicted octanol–water partition coefficient (Wildman–Crippen LogP) is 2.44. The molecule has 1 aromatic heterocycles. The van der Waals surface area contributed by atoms with Crippen molar-refractivity contribution >= 4 is 17.4 Å². The summed E-state index contributed by atoms with van der Waals surface area (Å²) in [5.74, 6) is 0.189. The highest BCUT2D eigenvalue weighted by molar-refractivity contribution is 6.31. The fourth-order valence-corrected chi connectivity index (χ4v) is 2.04. The molecule has 0 saturated heterocycles. The monoisotopic (exact) mass is 281 g/mol. The van der Waals surface area contributed by atoms with Crippen LogP contribution in [0.25, 0.3) is 0 Å². The van der Waals surface area contributed by atoms with Crippen LogP contribution in [0.5, 0.6) is 0 Å². The van der Waals surface area contributed by atoms with Gasteiger partial charge in [0, 0.05) is 18.0 Å². The number of rotatable bonds is 5. The van der Waals surface area contributed by atoms with E-state index in [0.717, 1.165) is 0 Å². The second kappa shape index (κ2) is 5.93. The van der Waals surface area contributed by atoms with Crippen LogP contribution in [0, 0.1) is 5.82 Å². The van der Waals surface area contributed by atoms with E-state index in [2.05, 4.69) is 10.1 Å². The van der Waals surface area contributed by atoms with Crippen molar-refractivity contribution in [3.8, 4) is 0 Å². The third-order valence-electron chi connectivity index (χ3n) is 2.75. The molecule has 0 N–H and O–H groups in total. The van der Waals surface area contributed by atoms with E-state index in [1.807, 2.05) is 6.92 Å². The molecule has 0 aliphatic rings. The number of Topliss-reactive ketones (excluding diaryl/α,β-unsaturated/α-hetero) is 1. The first-order chi connectivity index (χ1) is 9.10. The van der Waals surface area contributed by atoms with Gasteiger partial charge >= 0.3 is 0 Å². The van der Waals surface area contributed by atoms with Gasteiger partial charge in [0.05, 0.1) is 6.42 Å². The second-order valence-corrected chi connectivity index (χ2v) is 4.53. The number of benzene rings is 1. The minimum absolute atomic E-state index is 0.0313. The number of ketones is 1. The molecule has 1 heterocycles. The fourth-order valence-electron chi connectivity index (χ4n) is 1.81. The second-order valence-electron chi connectivity index (χ2n) is 4.12. The largest absolute Gasteiger partial charge is 0.299 e. The van der Waals surface area contributed by atoms with E-state index >= 15 is 0 Å². The van der Waals surface area contributed by atoms with Crippen LogP contribution in [-0.2, 0) is 24.2 Å². The van der Waals surface area contributed by atoms with Crippen LogP contribution in [-0.4, -0.2) is 20.5 Å².